The Morgan fingerprint density at radius 2 is 1.90 bits per heavy atom. The number of hydrogen-bond donors (Lipinski definition) is 1. The molecule has 0 radical (unpaired) electrons. The molecule has 0 spiro atoms. The molecule has 5 nitrogen and oxygen atoms in total. The molecule has 1 aliphatic rings. The summed E-state index contributed by atoms with van der Waals surface area (Å²) in [7, 11) is 0. The zero-order valence-electron chi connectivity index (χ0n) is 16.6. The van der Waals surface area contributed by atoms with Gasteiger partial charge in [-0.2, -0.15) is 13.2 Å². The SMILES string of the molecule is CCn1c(NCc2c(F)ccc3c2CCO3)ncc(-c2ccc(C(F)(F)F)cc2)c1=O. The van der Waals surface area contributed by atoms with Crippen molar-refractivity contribution in [2.75, 3.05) is 11.9 Å². The quantitative estimate of drug-likeness (QED) is 0.596. The minimum Gasteiger partial charge on any atom is -0.493 e. The Morgan fingerprint density at radius 1 is 1.16 bits per heavy atom. The van der Waals surface area contributed by atoms with Gasteiger partial charge >= 0.3 is 6.18 Å². The van der Waals surface area contributed by atoms with Gasteiger partial charge in [-0.15, -0.1) is 0 Å². The smallest absolute Gasteiger partial charge is 0.416 e. The first kappa shape index (κ1) is 20.9. The Labute approximate surface area is 175 Å². The van der Waals surface area contributed by atoms with Gasteiger partial charge in [0.05, 0.1) is 17.7 Å². The highest BCUT2D eigenvalue weighted by atomic mass is 19.4. The molecule has 0 saturated heterocycles. The van der Waals surface area contributed by atoms with Crippen molar-refractivity contribution in [3.05, 3.63) is 75.5 Å². The Balaban J connectivity index is 1.62. The lowest BCUT2D eigenvalue weighted by molar-refractivity contribution is -0.137. The number of anilines is 1. The third-order valence-electron chi connectivity index (χ3n) is 5.25. The van der Waals surface area contributed by atoms with Gasteiger partial charge in [0.2, 0.25) is 5.95 Å². The molecule has 0 unspecified atom stereocenters. The fourth-order valence-corrected chi connectivity index (χ4v) is 3.64. The van der Waals surface area contributed by atoms with E-state index in [0.717, 1.165) is 17.7 Å². The zero-order chi connectivity index (χ0) is 22.2. The standard InChI is InChI=1S/C22H19F4N3O2/c1-2-29-20(30)16(13-3-5-14(6-4-13)22(24,25)26)11-27-21(29)28-12-17-15-9-10-31-19(15)8-7-18(17)23/h3-8,11H,2,9-10,12H2,1H3,(H,27,28). The summed E-state index contributed by atoms with van der Waals surface area (Å²) in [6.07, 6.45) is -2.54. The van der Waals surface area contributed by atoms with Crippen LogP contribution >= 0.6 is 0 Å². The van der Waals surface area contributed by atoms with Crippen LogP contribution in [-0.4, -0.2) is 16.2 Å². The van der Waals surface area contributed by atoms with Crippen LogP contribution in [0.5, 0.6) is 5.75 Å². The van der Waals surface area contributed by atoms with Gasteiger partial charge in [0.1, 0.15) is 11.6 Å². The van der Waals surface area contributed by atoms with E-state index in [0.29, 0.717) is 29.9 Å². The summed E-state index contributed by atoms with van der Waals surface area (Å²) in [4.78, 5) is 17.2. The summed E-state index contributed by atoms with van der Waals surface area (Å²) in [5.74, 6) is 0.527. The number of ether oxygens (including phenoxy) is 1. The molecule has 1 N–H and O–H groups in total. The van der Waals surface area contributed by atoms with Crippen LogP contribution in [-0.2, 0) is 25.7 Å². The van der Waals surface area contributed by atoms with Crippen LogP contribution in [0.3, 0.4) is 0 Å². The number of halogens is 4. The zero-order valence-corrected chi connectivity index (χ0v) is 16.6. The fourth-order valence-electron chi connectivity index (χ4n) is 3.64. The van der Waals surface area contributed by atoms with Crippen molar-refractivity contribution in [2.24, 2.45) is 0 Å². The molecule has 0 atom stereocenters. The lowest BCUT2D eigenvalue weighted by Crippen LogP contribution is -2.25. The van der Waals surface area contributed by atoms with Crippen molar-refractivity contribution in [2.45, 2.75) is 32.6 Å². The largest absolute Gasteiger partial charge is 0.493 e. The van der Waals surface area contributed by atoms with E-state index in [1.165, 1.54) is 29.0 Å². The number of benzene rings is 2. The molecule has 1 aromatic heterocycles. The lowest BCUT2D eigenvalue weighted by Gasteiger charge is -2.15. The van der Waals surface area contributed by atoms with E-state index >= 15 is 0 Å². The second kappa shape index (κ2) is 8.05. The summed E-state index contributed by atoms with van der Waals surface area (Å²) in [6.45, 7) is 2.64. The minimum atomic E-state index is -4.45. The summed E-state index contributed by atoms with van der Waals surface area (Å²) >= 11 is 0. The number of rotatable bonds is 5. The molecule has 162 valence electrons. The molecular formula is C22H19F4N3O2. The number of nitrogens with zero attached hydrogens (tertiary/aromatic N) is 2. The third kappa shape index (κ3) is 3.99. The number of aromatic nitrogens is 2. The maximum Gasteiger partial charge on any atom is 0.416 e. The molecule has 0 bridgehead atoms. The van der Waals surface area contributed by atoms with Gasteiger partial charge < -0.3 is 10.1 Å². The fraction of sp³-hybridized carbons (Fsp3) is 0.273. The van der Waals surface area contributed by atoms with Crippen LogP contribution in [0.25, 0.3) is 11.1 Å². The van der Waals surface area contributed by atoms with Crippen LogP contribution in [0.2, 0.25) is 0 Å². The molecule has 1 aliphatic heterocycles. The Hall–Kier alpha value is -3.36. The van der Waals surface area contributed by atoms with Gasteiger partial charge in [-0.1, -0.05) is 12.1 Å². The number of fused-ring (bicyclic) bond motifs is 1. The predicted octanol–water partition coefficient (Wildman–Crippen LogP) is 4.64. The van der Waals surface area contributed by atoms with E-state index in [4.69, 9.17) is 4.74 Å². The van der Waals surface area contributed by atoms with E-state index in [9.17, 15) is 22.4 Å². The van der Waals surface area contributed by atoms with Crippen LogP contribution < -0.4 is 15.6 Å². The van der Waals surface area contributed by atoms with Crippen LogP contribution in [0.1, 0.15) is 23.6 Å². The highest BCUT2D eigenvalue weighted by Crippen LogP contribution is 2.31. The Morgan fingerprint density at radius 3 is 2.58 bits per heavy atom. The molecule has 0 fully saturated rings. The highest BCUT2D eigenvalue weighted by Gasteiger charge is 2.30. The van der Waals surface area contributed by atoms with Crippen molar-refractivity contribution in [3.63, 3.8) is 0 Å². The third-order valence-corrected chi connectivity index (χ3v) is 5.25. The number of alkyl halides is 3. The number of nitrogens with one attached hydrogen (secondary N) is 1. The highest BCUT2D eigenvalue weighted by molar-refractivity contribution is 5.62. The topological polar surface area (TPSA) is 56.1 Å². The van der Waals surface area contributed by atoms with Gasteiger partial charge in [0.25, 0.3) is 5.56 Å². The molecule has 0 aliphatic carbocycles. The molecule has 0 amide bonds. The molecular weight excluding hydrogens is 414 g/mol. The number of hydrogen-bond acceptors (Lipinski definition) is 4. The van der Waals surface area contributed by atoms with Gasteiger partial charge in [0.15, 0.2) is 0 Å². The van der Waals surface area contributed by atoms with Crippen LogP contribution in [0.15, 0.2) is 47.4 Å². The molecule has 0 saturated carbocycles. The maximum atomic E-state index is 14.3. The molecule has 2 heterocycles. The molecule has 3 aromatic rings. The van der Waals surface area contributed by atoms with Crippen LogP contribution in [0.4, 0.5) is 23.5 Å². The van der Waals surface area contributed by atoms with E-state index < -0.39 is 17.3 Å². The Kier molecular flexibility index (Phi) is 5.43. The average molecular weight is 433 g/mol. The Bertz CT molecular complexity index is 1170. The van der Waals surface area contributed by atoms with Gasteiger partial charge in [0, 0.05) is 36.8 Å². The minimum absolute atomic E-state index is 0.116. The normalized spacial score (nSPS) is 13.1. The second-order valence-electron chi connectivity index (χ2n) is 7.07. The first-order chi connectivity index (χ1) is 14.8. The molecule has 31 heavy (non-hydrogen) atoms. The average Bonchev–Trinajstić information content (AvgIpc) is 3.21. The molecule has 4 rings (SSSR count). The summed E-state index contributed by atoms with van der Waals surface area (Å²) in [5.41, 5.74) is 0.573. The van der Waals surface area contributed by atoms with Gasteiger partial charge in [-0.25, -0.2) is 9.37 Å². The summed E-state index contributed by atoms with van der Waals surface area (Å²) < 4.78 is 59.5. The maximum absolute atomic E-state index is 14.3. The monoisotopic (exact) mass is 433 g/mol. The first-order valence-corrected chi connectivity index (χ1v) is 9.74. The van der Waals surface area contributed by atoms with Gasteiger partial charge in [-0.05, 0) is 36.8 Å². The van der Waals surface area contributed by atoms with Gasteiger partial charge in [-0.3, -0.25) is 9.36 Å². The van der Waals surface area contributed by atoms with E-state index in [1.54, 1.807) is 13.0 Å². The predicted molar refractivity (Wildman–Crippen MR) is 108 cm³/mol. The van der Waals surface area contributed by atoms with Crippen molar-refractivity contribution >= 4 is 5.95 Å². The molecule has 9 heteroatoms. The van der Waals surface area contributed by atoms with E-state index in [1.807, 2.05) is 0 Å². The second-order valence-corrected chi connectivity index (χ2v) is 7.07. The van der Waals surface area contributed by atoms with Crippen molar-refractivity contribution < 1.29 is 22.3 Å². The van der Waals surface area contributed by atoms with Crippen molar-refractivity contribution in [3.8, 4) is 16.9 Å². The first-order valence-electron chi connectivity index (χ1n) is 9.74. The van der Waals surface area contributed by atoms with Crippen molar-refractivity contribution in [1.82, 2.24) is 9.55 Å². The van der Waals surface area contributed by atoms with E-state index in [2.05, 4.69) is 10.3 Å². The summed E-state index contributed by atoms with van der Waals surface area (Å²) in [6, 6.07) is 7.29. The molecule has 2 aromatic carbocycles. The summed E-state index contributed by atoms with van der Waals surface area (Å²) in [5, 5.41) is 3.01. The van der Waals surface area contributed by atoms with Crippen molar-refractivity contribution in [1.29, 1.82) is 0 Å². The van der Waals surface area contributed by atoms with E-state index in [-0.39, 0.29) is 30.4 Å². The van der Waals surface area contributed by atoms with Crippen LogP contribution in [0, 0.1) is 5.82 Å². The lowest BCUT2D eigenvalue weighted by atomic mass is 10.0.